The molecule has 0 radical (unpaired) electrons. The Morgan fingerprint density at radius 2 is 1.90 bits per heavy atom. The summed E-state index contributed by atoms with van der Waals surface area (Å²) >= 11 is 1.21. The van der Waals surface area contributed by atoms with Crippen LogP contribution in [-0.4, -0.2) is 41.4 Å². The first-order valence-corrected chi connectivity index (χ1v) is 10.9. The van der Waals surface area contributed by atoms with Crippen molar-refractivity contribution in [2.75, 3.05) is 13.2 Å². The molecular weight excluding hydrogens is 417 g/mol. The second-order valence-electron chi connectivity index (χ2n) is 6.08. The number of hydrogen-bond acceptors (Lipinski definition) is 7. The molecule has 0 saturated carbocycles. The number of benzene rings is 1. The van der Waals surface area contributed by atoms with Crippen LogP contribution in [0.1, 0.15) is 4.88 Å². The van der Waals surface area contributed by atoms with Crippen LogP contribution in [0.5, 0.6) is 5.88 Å². The molecule has 11 heteroatoms. The monoisotopic (exact) mass is 433 g/mol. The van der Waals surface area contributed by atoms with E-state index < -0.39 is 10.0 Å². The average molecular weight is 433 g/mol. The van der Waals surface area contributed by atoms with Gasteiger partial charge in [0.15, 0.2) is 11.5 Å². The maximum atomic E-state index is 13.1. The molecule has 0 saturated heterocycles. The van der Waals surface area contributed by atoms with Gasteiger partial charge in [0.2, 0.25) is 15.9 Å². The first-order chi connectivity index (χ1) is 13.9. The van der Waals surface area contributed by atoms with Gasteiger partial charge in [0.05, 0.1) is 0 Å². The zero-order chi connectivity index (χ0) is 20.4. The highest BCUT2D eigenvalue weighted by Gasteiger charge is 2.15. The minimum Gasteiger partial charge on any atom is -0.475 e. The van der Waals surface area contributed by atoms with Gasteiger partial charge in [0.25, 0.3) is 0 Å². The normalized spacial score (nSPS) is 11.8. The molecule has 0 spiro atoms. The molecule has 0 amide bonds. The van der Waals surface area contributed by atoms with Crippen molar-refractivity contribution in [1.29, 1.82) is 0 Å². The molecular formula is C18H16FN5O3S2. The SMILES string of the molecule is Cc1ccc(S(=O)(=O)NCCOc2ccc3nnc(-c4ccc(F)cc4)n3n2)s1. The third kappa shape index (κ3) is 4.26. The molecule has 1 N–H and O–H groups in total. The van der Waals surface area contributed by atoms with Crippen molar-refractivity contribution in [3.63, 3.8) is 0 Å². The lowest BCUT2D eigenvalue weighted by Crippen LogP contribution is -2.27. The first kappa shape index (κ1) is 19.4. The van der Waals surface area contributed by atoms with E-state index in [4.69, 9.17) is 4.74 Å². The van der Waals surface area contributed by atoms with E-state index in [1.165, 1.54) is 28.0 Å². The van der Waals surface area contributed by atoms with Crippen molar-refractivity contribution in [2.45, 2.75) is 11.1 Å². The van der Waals surface area contributed by atoms with Gasteiger partial charge >= 0.3 is 0 Å². The van der Waals surface area contributed by atoms with Gasteiger partial charge in [-0.3, -0.25) is 0 Å². The molecule has 0 aliphatic carbocycles. The summed E-state index contributed by atoms with van der Waals surface area (Å²) in [5.74, 6) is 0.380. The number of sulfonamides is 1. The molecule has 8 nitrogen and oxygen atoms in total. The molecule has 0 aliphatic rings. The van der Waals surface area contributed by atoms with Gasteiger partial charge in [-0.25, -0.2) is 17.5 Å². The van der Waals surface area contributed by atoms with Crippen LogP contribution in [0.3, 0.4) is 0 Å². The largest absolute Gasteiger partial charge is 0.475 e. The highest BCUT2D eigenvalue weighted by Crippen LogP contribution is 2.21. The van der Waals surface area contributed by atoms with Gasteiger partial charge in [0.1, 0.15) is 16.6 Å². The van der Waals surface area contributed by atoms with Crippen molar-refractivity contribution in [3.05, 3.63) is 59.2 Å². The van der Waals surface area contributed by atoms with E-state index in [2.05, 4.69) is 20.0 Å². The third-order valence-corrected chi connectivity index (χ3v) is 6.92. The molecule has 150 valence electrons. The highest BCUT2D eigenvalue weighted by atomic mass is 32.2. The number of rotatable bonds is 7. The molecule has 3 heterocycles. The van der Waals surface area contributed by atoms with Crippen molar-refractivity contribution in [3.8, 4) is 17.3 Å². The maximum Gasteiger partial charge on any atom is 0.250 e. The zero-order valence-electron chi connectivity index (χ0n) is 15.2. The summed E-state index contributed by atoms with van der Waals surface area (Å²) in [6.45, 7) is 2.03. The minimum atomic E-state index is -3.55. The summed E-state index contributed by atoms with van der Waals surface area (Å²) in [6.07, 6.45) is 0. The summed E-state index contributed by atoms with van der Waals surface area (Å²) in [5, 5.41) is 12.4. The predicted octanol–water partition coefficient (Wildman–Crippen LogP) is 2.66. The van der Waals surface area contributed by atoms with Gasteiger partial charge in [0, 0.05) is 23.1 Å². The van der Waals surface area contributed by atoms with E-state index in [9.17, 15) is 12.8 Å². The third-order valence-electron chi connectivity index (χ3n) is 3.97. The van der Waals surface area contributed by atoms with Gasteiger partial charge < -0.3 is 4.74 Å². The number of nitrogens with one attached hydrogen (secondary N) is 1. The van der Waals surface area contributed by atoms with Crippen LogP contribution in [-0.2, 0) is 10.0 Å². The zero-order valence-corrected chi connectivity index (χ0v) is 16.9. The topological polar surface area (TPSA) is 98.5 Å². The molecule has 0 atom stereocenters. The van der Waals surface area contributed by atoms with Crippen molar-refractivity contribution >= 4 is 27.0 Å². The fourth-order valence-corrected chi connectivity index (χ4v) is 4.93. The van der Waals surface area contributed by atoms with E-state index in [-0.39, 0.29) is 29.1 Å². The van der Waals surface area contributed by atoms with Gasteiger partial charge in [-0.1, -0.05) is 0 Å². The molecule has 29 heavy (non-hydrogen) atoms. The molecule has 0 fully saturated rings. The van der Waals surface area contributed by atoms with E-state index in [0.717, 1.165) is 4.88 Å². The summed E-state index contributed by atoms with van der Waals surface area (Å²) < 4.78 is 47.4. The number of ether oxygens (including phenoxy) is 1. The van der Waals surface area contributed by atoms with Gasteiger partial charge in [-0.2, -0.15) is 4.52 Å². The van der Waals surface area contributed by atoms with Crippen molar-refractivity contribution in [2.24, 2.45) is 0 Å². The van der Waals surface area contributed by atoms with Gasteiger partial charge in [-0.05, 0) is 49.4 Å². The van der Waals surface area contributed by atoms with E-state index in [1.807, 2.05) is 6.92 Å². The lowest BCUT2D eigenvalue weighted by molar-refractivity contribution is 0.306. The van der Waals surface area contributed by atoms with Crippen LogP contribution in [0.2, 0.25) is 0 Å². The second kappa shape index (κ2) is 7.85. The number of nitrogens with zero attached hydrogens (tertiary/aromatic N) is 4. The Labute approximate surface area is 170 Å². The molecule has 0 bridgehead atoms. The maximum absolute atomic E-state index is 13.1. The molecule has 1 aromatic carbocycles. The predicted molar refractivity (Wildman–Crippen MR) is 106 cm³/mol. The number of halogens is 1. The minimum absolute atomic E-state index is 0.0893. The quantitative estimate of drug-likeness (QED) is 0.450. The summed E-state index contributed by atoms with van der Waals surface area (Å²) in [4.78, 5) is 0.921. The van der Waals surface area contributed by atoms with Crippen LogP contribution in [0.4, 0.5) is 4.39 Å². The van der Waals surface area contributed by atoms with Gasteiger partial charge in [-0.15, -0.1) is 26.6 Å². The Balaban J connectivity index is 1.43. The van der Waals surface area contributed by atoms with Crippen LogP contribution in [0, 0.1) is 12.7 Å². The van der Waals surface area contributed by atoms with Crippen molar-refractivity contribution in [1.82, 2.24) is 24.5 Å². The number of fused-ring (bicyclic) bond motifs is 1. The number of aryl methyl sites for hydroxylation is 1. The Morgan fingerprint density at radius 3 is 2.62 bits per heavy atom. The van der Waals surface area contributed by atoms with Crippen molar-refractivity contribution < 1.29 is 17.5 Å². The fraction of sp³-hybridized carbons (Fsp3) is 0.167. The van der Waals surface area contributed by atoms with E-state index in [1.54, 1.807) is 36.4 Å². The number of aromatic nitrogens is 4. The molecule has 0 aliphatic heterocycles. The number of thiophene rings is 1. The van der Waals surface area contributed by atoms with Crippen LogP contribution >= 0.6 is 11.3 Å². The van der Waals surface area contributed by atoms with E-state index in [0.29, 0.717) is 17.0 Å². The highest BCUT2D eigenvalue weighted by molar-refractivity contribution is 7.91. The Kier molecular flexibility index (Phi) is 5.26. The van der Waals surface area contributed by atoms with Crippen LogP contribution in [0.25, 0.3) is 17.0 Å². The smallest absolute Gasteiger partial charge is 0.250 e. The fourth-order valence-electron chi connectivity index (χ4n) is 2.59. The average Bonchev–Trinajstić information content (AvgIpc) is 3.32. The summed E-state index contributed by atoms with van der Waals surface area (Å²) in [6, 6.07) is 12.5. The molecule has 4 rings (SSSR count). The Hall–Kier alpha value is -2.89. The second-order valence-corrected chi connectivity index (χ2v) is 9.37. The Bertz CT molecular complexity index is 1250. The van der Waals surface area contributed by atoms with E-state index >= 15 is 0 Å². The van der Waals surface area contributed by atoms with Crippen LogP contribution < -0.4 is 9.46 Å². The summed E-state index contributed by atoms with van der Waals surface area (Å²) in [5.41, 5.74) is 1.16. The summed E-state index contributed by atoms with van der Waals surface area (Å²) in [7, 11) is -3.55. The lowest BCUT2D eigenvalue weighted by atomic mass is 10.2. The Morgan fingerprint density at radius 1 is 1.10 bits per heavy atom. The number of hydrogen-bond donors (Lipinski definition) is 1. The standard InChI is InChI=1S/C18H16FN5O3S2/c1-12-2-9-17(28-12)29(25,26)20-10-11-27-16-8-7-15-21-22-18(24(15)23-16)13-3-5-14(19)6-4-13/h2-9,20H,10-11H2,1H3. The van der Waals surface area contributed by atoms with Crippen LogP contribution in [0.15, 0.2) is 52.7 Å². The molecule has 3 aromatic heterocycles. The molecule has 4 aromatic rings. The first-order valence-electron chi connectivity index (χ1n) is 8.60. The lowest BCUT2D eigenvalue weighted by Gasteiger charge is -2.07. The molecule has 0 unspecified atom stereocenters.